The molecule has 1 atom stereocenters. The van der Waals surface area contributed by atoms with Crippen LogP contribution in [0, 0.1) is 0 Å². The summed E-state index contributed by atoms with van der Waals surface area (Å²) in [5.74, 6) is -0.167. The van der Waals surface area contributed by atoms with E-state index in [1.54, 1.807) is 18.2 Å². The Morgan fingerprint density at radius 1 is 1.19 bits per heavy atom. The fourth-order valence-corrected chi connectivity index (χ4v) is 2.24. The lowest BCUT2D eigenvalue weighted by Gasteiger charge is -2.14. The highest BCUT2D eigenvalue weighted by atomic mass is 35.5. The summed E-state index contributed by atoms with van der Waals surface area (Å²) in [6, 6.07) is 14.6. The van der Waals surface area contributed by atoms with Gasteiger partial charge in [0, 0.05) is 16.8 Å². The Balaban J connectivity index is 1.98. The topological polar surface area (TPSA) is 55.1 Å². The molecular weight excluding hydrogens is 284 g/mol. The average molecular weight is 301 g/mol. The summed E-state index contributed by atoms with van der Waals surface area (Å²) in [5.41, 5.74) is 8.13. The highest BCUT2D eigenvalue weighted by molar-refractivity contribution is 6.31. The second-order valence-corrected chi connectivity index (χ2v) is 5.16. The molecule has 0 spiro atoms. The van der Waals surface area contributed by atoms with Crippen molar-refractivity contribution in [2.24, 2.45) is 0 Å². The molecule has 0 aromatic heterocycles. The number of anilines is 1. The summed E-state index contributed by atoms with van der Waals surface area (Å²) in [6.45, 7) is 1.90. The van der Waals surface area contributed by atoms with Crippen LogP contribution in [0.1, 0.15) is 24.1 Å². The third-order valence-electron chi connectivity index (χ3n) is 3.09. The number of halogens is 1. The molecule has 2 aromatic rings. The maximum Gasteiger partial charge on any atom is 0.244 e. The molecule has 0 aliphatic rings. The number of nitrogens with one attached hydrogen (secondary N) is 1. The van der Waals surface area contributed by atoms with Crippen molar-refractivity contribution in [2.45, 2.75) is 13.0 Å². The molecule has 108 valence electrons. The van der Waals surface area contributed by atoms with Crippen LogP contribution < -0.4 is 11.1 Å². The number of carbonyl (C=O) groups excluding carboxylic acids is 1. The van der Waals surface area contributed by atoms with Crippen LogP contribution in [0.2, 0.25) is 5.02 Å². The van der Waals surface area contributed by atoms with Crippen LogP contribution in [-0.2, 0) is 4.79 Å². The molecule has 4 heteroatoms. The van der Waals surface area contributed by atoms with Crippen LogP contribution in [0.5, 0.6) is 0 Å². The van der Waals surface area contributed by atoms with Crippen LogP contribution in [-0.4, -0.2) is 5.91 Å². The number of benzene rings is 2. The van der Waals surface area contributed by atoms with Gasteiger partial charge in [-0.1, -0.05) is 41.9 Å². The van der Waals surface area contributed by atoms with E-state index in [1.165, 1.54) is 6.08 Å². The molecule has 0 saturated heterocycles. The third kappa shape index (κ3) is 4.36. The predicted octanol–water partition coefficient (Wildman–Crippen LogP) is 3.81. The van der Waals surface area contributed by atoms with E-state index in [-0.39, 0.29) is 11.9 Å². The Morgan fingerprint density at radius 2 is 1.86 bits per heavy atom. The number of rotatable bonds is 4. The third-order valence-corrected chi connectivity index (χ3v) is 3.44. The molecule has 1 amide bonds. The number of hydrogen-bond donors (Lipinski definition) is 2. The first-order chi connectivity index (χ1) is 10.1. The van der Waals surface area contributed by atoms with Gasteiger partial charge in [-0.25, -0.2) is 0 Å². The van der Waals surface area contributed by atoms with Crippen LogP contribution in [0.3, 0.4) is 0 Å². The molecule has 0 aliphatic heterocycles. The van der Waals surface area contributed by atoms with Crippen LogP contribution in [0.4, 0.5) is 5.69 Å². The molecule has 3 N–H and O–H groups in total. The number of nitrogens with two attached hydrogens (primary N) is 1. The van der Waals surface area contributed by atoms with E-state index in [0.29, 0.717) is 10.7 Å². The van der Waals surface area contributed by atoms with Gasteiger partial charge in [-0.15, -0.1) is 0 Å². The van der Waals surface area contributed by atoms with Crippen molar-refractivity contribution in [1.82, 2.24) is 5.32 Å². The zero-order chi connectivity index (χ0) is 15.2. The van der Waals surface area contributed by atoms with Gasteiger partial charge < -0.3 is 11.1 Å². The lowest BCUT2D eigenvalue weighted by Crippen LogP contribution is -2.24. The minimum atomic E-state index is -0.167. The Labute approximate surface area is 129 Å². The quantitative estimate of drug-likeness (QED) is 0.666. The Bertz CT molecular complexity index is 650. The van der Waals surface area contributed by atoms with E-state index in [4.69, 9.17) is 17.3 Å². The normalized spacial score (nSPS) is 12.3. The first kappa shape index (κ1) is 15.1. The van der Waals surface area contributed by atoms with Gasteiger partial charge >= 0.3 is 0 Å². The van der Waals surface area contributed by atoms with Crippen molar-refractivity contribution in [1.29, 1.82) is 0 Å². The second kappa shape index (κ2) is 6.95. The molecule has 0 saturated carbocycles. The summed E-state index contributed by atoms with van der Waals surface area (Å²) >= 11 is 6.11. The number of carbonyl (C=O) groups is 1. The Hall–Kier alpha value is -2.26. The smallest absolute Gasteiger partial charge is 0.244 e. The zero-order valence-electron chi connectivity index (χ0n) is 11.7. The van der Waals surface area contributed by atoms with Crippen molar-refractivity contribution in [3.63, 3.8) is 0 Å². The van der Waals surface area contributed by atoms with Crippen molar-refractivity contribution >= 4 is 29.3 Å². The Kier molecular flexibility index (Phi) is 5.01. The highest BCUT2D eigenvalue weighted by Crippen LogP contribution is 2.22. The van der Waals surface area contributed by atoms with Crippen LogP contribution in [0.15, 0.2) is 54.6 Å². The van der Waals surface area contributed by atoms with E-state index in [2.05, 4.69) is 5.32 Å². The van der Waals surface area contributed by atoms with Gasteiger partial charge in [-0.05, 0) is 42.3 Å². The second-order valence-electron chi connectivity index (χ2n) is 4.75. The molecule has 2 aromatic carbocycles. The number of hydrogen-bond acceptors (Lipinski definition) is 2. The van der Waals surface area contributed by atoms with Gasteiger partial charge in [0.05, 0.1) is 6.04 Å². The molecule has 0 fully saturated rings. The van der Waals surface area contributed by atoms with Gasteiger partial charge in [-0.2, -0.15) is 0 Å². The molecule has 2 rings (SSSR count). The molecule has 0 radical (unpaired) electrons. The van der Waals surface area contributed by atoms with Gasteiger partial charge in [0.15, 0.2) is 0 Å². The van der Waals surface area contributed by atoms with E-state index in [9.17, 15) is 4.79 Å². The number of amides is 1. The van der Waals surface area contributed by atoms with Gasteiger partial charge in [0.1, 0.15) is 0 Å². The predicted molar refractivity (Wildman–Crippen MR) is 87.9 cm³/mol. The summed E-state index contributed by atoms with van der Waals surface area (Å²) < 4.78 is 0. The molecule has 3 nitrogen and oxygen atoms in total. The Morgan fingerprint density at radius 3 is 2.52 bits per heavy atom. The molecular formula is C17H17ClN2O. The largest absolute Gasteiger partial charge is 0.399 e. The van der Waals surface area contributed by atoms with Gasteiger partial charge in [-0.3, -0.25) is 4.79 Å². The monoisotopic (exact) mass is 300 g/mol. The molecule has 21 heavy (non-hydrogen) atoms. The van der Waals surface area contributed by atoms with Crippen molar-refractivity contribution < 1.29 is 4.79 Å². The van der Waals surface area contributed by atoms with E-state index < -0.39 is 0 Å². The van der Waals surface area contributed by atoms with Crippen molar-refractivity contribution in [3.05, 3.63) is 70.8 Å². The van der Waals surface area contributed by atoms with Crippen molar-refractivity contribution in [3.8, 4) is 0 Å². The SMILES string of the molecule is CC(NC(=O)/C=C/c1ccc(N)cc1)c1ccccc1Cl. The van der Waals surface area contributed by atoms with E-state index >= 15 is 0 Å². The lowest BCUT2D eigenvalue weighted by molar-refractivity contribution is -0.117. The summed E-state index contributed by atoms with van der Waals surface area (Å²) in [6.07, 6.45) is 3.24. The van der Waals surface area contributed by atoms with Gasteiger partial charge in [0.2, 0.25) is 5.91 Å². The first-order valence-corrected chi connectivity index (χ1v) is 7.02. The minimum absolute atomic E-state index is 0.151. The average Bonchev–Trinajstić information content (AvgIpc) is 2.47. The minimum Gasteiger partial charge on any atom is -0.399 e. The molecule has 0 bridgehead atoms. The lowest BCUT2D eigenvalue weighted by atomic mass is 10.1. The zero-order valence-corrected chi connectivity index (χ0v) is 12.5. The molecule has 0 heterocycles. The first-order valence-electron chi connectivity index (χ1n) is 6.65. The van der Waals surface area contributed by atoms with Crippen LogP contribution >= 0.6 is 11.6 Å². The van der Waals surface area contributed by atoms with E-state index in [0.717, 1.165) is 11.1 Å². The highest BCUT2D eigenvalue weighted by Gasteiger charge is 2.10. The fourth-order valence-electron chi connectivity index (χ4n) is 1.94. The van der Waals surface area contributed by atoms with Gasteiger partial charge in [0.25, 0.3) is 0 Å². The molecule has 1 unspecified atom stereocenters. The maximum atomic E-state index is 11.9. The summed E-state index contributed by atoms with van der Waals surface area (Å²) in [5, 5.41) is 3.53. The summed E-state index contributed by atoms with van der Waals surface area (Å²) in [7, 11) is 0. The van der Waals surface area contributed by atoms with E-state index in [1.807, 2.05) is 43.3 Å². The maximum absolute atomic E-state index is 11.9. The summed E-state index contributed by atoms with van der Waals surface area (Å²) in [4.78, 5) is 11.9. The fraction of sp³-hybridized carbons (Fsp3) is 0.118. The number of nitrogen functional groups attached to an aromatic ring is 1. The standard InChI is InChI=1S/C17H17ClN2O/c1-12(15-4-2-3-5-16(15)18)20-17(21)11-8-13-6-9-14(19)10-7-13/h2-12H,19H2,1H3,(H,20,21)/b11-8+. The molecule has 0 aliphatic carbocycles. The van der Waals surface area contributed by atoms with Crippen molar-refractivity contribution in [2.75, 3.05) is 5.73 Å². The van der Waals surface area contributed by atoms with Crippen LogP contribution in [0.25, 0.3) is 6.08 Å².